The summed E-state index contributed by atoms with van der Waals surface area (Å²) in [5.74, 6) is -0.235. The minimum absolute atomic E-state index is 0.0805. The second kappa shape index (κ2) is 6.23. The molecule has 0 bridgehead atoms. The highest BCUT2D eigenvalue weighted by atomic mass is 79.9. The number of halogens is 3. The normalized spacial score (nSPS) is 12.5. The number of rotatable bonds is 5. The molecule has 15 heavy (non-hydrogen) atoms. The number of alkyl halides is 2. The van der Waals surface area contributed by atoms with E-state index in [1.807, 2.05) is 0 Å². The zero-order valence-electron chi connectivity index (χ0n) is 8.05. The van der Waals surface area contributed by atoms with Crippen molar-refractivity contribution in [3.8, 4) is 0 Å². The first-order chi connectivity index (χ1) is 7.15. The van der Waals surface area contributed by atoms with Crippen LogP contribution in [-0.2, 0) is 4.79 Å². The number of hydrogen-bond donors (Lipinski definition) is 0. The number of carbonyl (C=O) groups is 1. The van der Waals surface area contributed by atoms with Crippen LogP contribution in [0.5, 0.6) is 0 Å². The van der Waals surface area contributed by atoms with Gasteiger partial charge in [0.2, 0.25) is 0 Å². The first-order valence-electron chi connectivity index (χ1n) is 4.61. The van der Waals surface area contributed by atoms with Crippen molar-refractivity contribution in [2.45, 2.75) is 18.2 Å². The highest BCUT2D eigenvalue weighted by molar-refractivity contribution is 9.09. The Balaban J connectivity index is 2.57. The minimum Gasteiger partial charge on any atom is -0.299 e. The number of benzene rings is 1. The van der Waals surface area contributed by atoms with Gasteiger partial charge in [0.05, 0.1) is 10.7 Å². The van der Waals surface area contributed by atoms with E-state index < -0.39 is 5.38 Å². The van der Waals surface area contributed by atoms with Crippen LogP contribution in [0, 0.1) is 5.82 Å². The third-order valence-electron chi connectivity index (χ3n) is 2.07. The van der Waals surface area contributed by atoms with Gasteiger partial charge in [0.1, 0.15) is 11.6 Å². The minimum atomic E-state index is -0.436. The van der Waals surface area contributed by atoms with Crippen molar-refractivity contribution in [3.63, 3.8) is 0 Å². The number of Topliss-reactive ketones (excluding diaryl/α,β-unsaturated/α-hetero) is 1. The van der Waals surface area contributed by atoms with Crippen molar-refractivity contribution < 1.29 is 9.18 Å². The Morgan fingerprint density at radius 2 is 2.13 bits per heavy atom. The lowest BCUT2D eigenvalue weighted by Crippen LogP contribution is -2.02. The van der Waals surface area contributed by atoms with Crippen molar-refractivity contribution in [3.05, 3.63) is 35.6 Å². The fourth-order valence-electron chi connectivity index (χ4n) is 1.24. The summed E-state index contributed by atoms with van der Waals surface area (Å²) in [5, 5.41) is -0.109. The molecule has 0 N–H and O–H groups in total. The molecule has 1 nitrogen and oxygen atoms in total. The van der Waals surface area contributed by atoms with Gasteiger partial charge in [0, 0.05) is 12.0 Å². The fraction of sp³-hybridized carbons (Fsp3) is 0.364. The van der Waals surface area contributed by atoms with Crippen molar-refractivity contribution in [1.29, 1.82) is 0 Å². The third kappa shape index (κ3) is 3.92. The molecule has 1 aromatic rings. The Labute approximate surface area is 102 Å². The largest absolute Gasteiger partial charge is 0.299 e. The van der Waals surface area contributed by atoms with Crippen molar-refractivity contribution in [2.75, 3.05) is 5.33 Å². The molecular weight excluding hydrogens is 282 g/mol. The molecule has 0 amide bonds. The summed E-state index contributed by atoms with van der Waals surface area (Å²) >= 11 is 9.07. The van der Waals surface area contributed by atoms with E-state index in [1.165, 1.54) is 6.07 Å². The maximum absolute atomic E-state index is 13.3. The summed E-state index contributed by atoms with van der Waals surface area (Å²) in [7, 11) is 0. The van der Waals surface area contributed by atoms with E-state index in [-0.39, 0.29) is 11.6 Å². The van der Waals surface area contributed by atoms with E-state index in [4.69, 9.17) is 11.6 Å². The van der Waals surface area contributed by atoms with E-state index >= 15 is 0 Å². The van der Waals surface area contributed by atoms with Gasteiger partial charge in [-0.15, -0.1) is 11.6 Å². The number of hydrogen-bond acceptors (Lipinski definition) is 1. The van der Waals surface area contributed by atoms with Gasteiger partial charge in [-0.1, -0.05) is 34.1 Å². The quantitative estimate of drug-likeness (QED) is 0.754. The number of carbonyl (C=O) groups excluding carboxylic acids is 1. The Hall–Kier alpha value is -0.410. The third-order valence-corrected chi connectivity index (χ3v) is 3.15. The molecule has 0 aromatic heterocycles. The summed E-state index contributed by atoms with van der Waals surface area (Å²) in [4.78, 5) is 11.0. The number of ketones is 1. The topological polar surface area (TPSA) is 17.1 Å². The standard InChI is InChI=1S/C11H11BrClFO/c12-7-8(15)5-6-10(13)9-3-1-2-4-11(9)14/h1-4,10H,5-7H2. The van der Waals surface area contributed by atoms with Crippen LogP contribution in [0.4, 0.5) is 4.39 Å². The molecule has 0 heterocycles. The SMILES string of the molecule is O=C(CBr)CCC(Cl)c1ccccc1F. The highest BCUT2D eigenvalue weighted by Gasteiger charge is 2.13. The maximum Gasteiger partial charge on any atom is 0.143 e. The van der Waals surface area contributed by atoms with Crippen LogP contribution in [0.2, 0.25) is 0 Å². The lowest BCUT2D eigenvalue weighted by molar-refractivity contribution is -0.116. The molecule has 0 fully saturated rings. The Bertz CT molecular complexity index is 343. The lowest BCUT2D eigenvalue weighted by atomic mass is 10.1. The molecule has 0 aliphatic carbocycles. The summed E-state index contributed by atoms with van der Waals surface area (Å²) < 4.78 is 13.3. The Morgan fingerprint density at radius 3 is 2.73 bits per heavy atom. The molecule has 0 saturated carbocycles. The van der Waals surface area contributed by atoms with Gasteiger partial charge < -0.3 is 0 Å². The molecular formula is C11H11BrClFO. The maximum atomic E-state index is 13.3. The van der Waals surface area contributed by atoms with Gasteiger partial charge in [-0.25, -0.2) is 4.39 Å². The lowest BCUT2D eigenvalue weighted by Gasteiger charge is -2.09. The first-order valence-corrected chi connectivity index (χ1v) is 6.17. The average Bonchev–Trinajstić information content (AvgIpc) is 2.26. The molecule has 1 aromatic carbocycles. The second-order valence-electron chi connectivity index (χ2n) is 3.20. The van der Waals surface area contributed by atoms with Crippen molar-refractivity contribution in [2.24, 2.45) is 0 Å². The van der Waals surface area contributed by atoms with E-state index in [0.717, 1.165) is 0 Å². The summed E-state index contributed by atoms with van der Waals surface area (Å²) in [6.07, 6.45) is 0.834. The summed E-state index contributed by atoms with van der Waals surface area (Å²) in [5.41, 5.74) is 0.460. The molecule has 1 rings (SSSR count). The van der Waals surface area contributed by atoms with Crippen molar-refractivity contribution in [1.82, 2.24) is 0 Å². The summed E-state index contributed by atoms with van der Waals surface area (Å²) in [6, 6.07) is 6.37. The predicted octanol–water partition coefficient (Wildman–Crippen LogP) is 3.85. The van der Waals surface area contributed by atoms with Crippen molar-refractivity contribution >= 4 is 33.3 Å². The molecule has 4 heteroatoms. The van der Waals surface area contributed by atoms with Crippen LogP contribution in [0.3, 0.4) is 0 Å². The summed E-state index contributed by atoms with van der Waals surface area (Å²) in [6.45, 7) is 0. The van der Waals surface area contributed by atoms with E-state index in [2.05, 4.69) is 15.9 Å². The van der Waals surface area contributed by atoms with Gasteiger partial charge in [-0.05, 0) is 12.5 Å². The first kappa shape index (κ1) is 12.7. The highest BCUT2D eigenvalue weighted by Crippen LogP contribution is 2.27. The van der Waals surface area contributed by atoms with Crippen LogP contribution < -0.4 is 0 Å². The monoisotopic (exact) mass is 292 g/mol. The molecule has 0 aliphatic rings. The average molecular weight is 294 g/mol. The molecule has 0 spiro atoms. The molecule has 82 valence electrons. The second-order valence-corrected chi connectivity index (χ2v) is 4.29. The predicted molar refractivity (Wildman–Crippen MR) is 63.0 cm³/mol. The van der Waals surface area contributed by atoms with Crippen LogP contribution >= 0.6 is 27.5 Å². The Morgan fingerprint density at radius 1 is 1.47 bits per heavy atom. The Kier molecular flexibility index (Phi) is 5.26. The van der Waals surface area contributed by atoms with E-state index in [1.54, 1.807) is 18.2 Å². The fourth-order valence-corrected chi connectivity index (χ4v) is 1.81. The molecule has 0 aliphatic heterocycles. The van der Waals surface area contributed by atoms with Crippen LogP contribution in [-0.4, -0.2) is 11.1 Å². The zero-order chi connectivity index (χ0) is 11.3. The van der Waals surface area contributed by atoms with E-state index in [0.29, 0.717) is 23.7 Å². The van der Waals surface area contributed by atoms with Gasteiger partial charge in [-0.2, -0.15) is 0 Å². The van der Waals surface area contributed by atoms with E-state index in [9.17, 15) is 9.18 Å². The smallest absolute Gasteiger partial charge is 0.143 e. The van der Waals surface area contributed by atoms with Crippen LogP contribution in [0.1, 0.15) is 23.8 Å². The van der Waals surface area contributed by atoms with Gasteiger partial charge >= 0.3 is 0 Å². The van der Waals surface area contributed by atoms with Gasteiger partial charge in [0.15, 0.2) is 0 Å². The van der Waals surface area contributed by atoms with Gasteiger partial charge in [0.25, 0.3) is 0 Å². The van der Waals surface area contributed by atoms with Gasteiger partial charge in [-0.3, -0.25) is 4.79 Å². The molecule has 1 unspecified atom stereocenters. The van der Waals surface area contributed by atoms with Crippen LogP contribution in [0.25, 0.3) is 0 Å². The molecule has 1 atom stereocenters. The zero-order valence-corrected chi connectivity index (χ0v) is 10.4. The molecule has 0 radical (unpaired) electrons. The molecule has 0 saturated heterocycles. The van der Waals surface area contributed by atoms with Crippen LogP contribution in [0.15, 0.2) is 24.3 Å².